The summed E-state index contributed by atoms with van der Waals surface area (Å²) in [6.07, 6.45) is 3.80. The van der Waals surface area contributed by atoms with Crippen LogP contribution in [0.1, 0.15) is 44.9 Å². The van der Waals surface area contributed by atoms with Crippen molar-refractivity contribution in [1.29, 1.82) is 0 Å². The molecule has 0 saturated heterocycles. The molecule has 2 fully saturated rings. The summed E-state index contributed by atoms with van der Waals surface area (Å²) >= 11 is 3.48. The molecule has 4 nitrogen and oxygen atoms in total. The molecular formula is C14H20BrN3O. The number of anilines is 1. The highest BCUT2D eigenvalue weighted by molar-refractivity contribution is 9.10. The minimum absolute atomic E-state index is 0.145. The average Bonchev–Trinajstić information content (AvgIpc) is 3.17. The summed E-state index contributed by atoms with van der Waals surface area (Å²) < 4.78 is 6.35. The van der Waals surface area contributed by atoms with Crippen molar-refractivity contribution >= 4 is 21.7 Å². The van der Waals surface area contributed by atoms with E-state index in [0.29, 0.717) is 18.1 Å². The van der Waals surface area contributed by atoms with Gasteiger partial charge in [0.1, 0.15) is 16.2 Å². The standard InChI is InChI=1S/C14H20BrN3O/c1-14(2)9(6-10(14)19-3)16-12-7-11(15)17-13(18-12)8-4-5-8/h7-10H,4-6H2,1-3H3,(H,16,17,18). The molecule has 2 aliphatic carbocycles. The number of hydrogen-bond acceptors (Lipinski definition) is 4. The van der Waals surface area contributed by atoms with E-state index >= 15 is 0 Å². The van der Waals surface area contributed by atoms with E-state index in [1.54, 1.807) is 7.11 Å². The van der Waals surface area contributed by atoms with Gasteiger partial charge < -0.3 is 10.1 Å². The number of methoxy groups -OCH3 is 1. The first-order valence-corrected chi connectivity index (χ1v) is 7.64. The number of aromatic nitrogens is 2. The molecule has 1 N–H and O–H groups in total. The molecule has 2 aliphatic rings. The molecule has 0 bridgehead atoms. The summed E-state index contributed by atoms with van der Waals surface area (Å²) in [5.41, 5.74) is 0.145. The molecule has 3 rings (SSSR count). The van der Waals surface area contributed by atoms with Gasteiger partial charge in [-0.2, -0.15) is 0 Å². The van der Waals surface area contributed by atoms with E-state index in [9.17, 15) is 0 Å². The molecule has 104 valence electrons. The molecule has 1 aromatic heterocycles. The van der Waals surface area contributed by atoms with Gasteiger partial charge in [0, 0.05) is 30.6 Å². The van der Waals surface area contributed by atoms with Crippen LogP contribution in [0, 0.1) is 5.41 Å². The summed E-state index contributed by atoms with van der Waals surface area (Å²) in [4.78, 5) is 9.10. The average molecular weight is 326 g/mol. The highest BCUT2D eigenvalue weighted by Crippen LogP contribution is 2.44. The maximum Gasteiger partial charge on any atom is 0.135 e. The van der Waals surface area contributed by atoms with Gasteiger partial charge in [0.25, 0.3) is 0 Å². The van der Waals surface area contributed by atoms with Gasteiger partial charge in [-0.15, -0.1) is 0 Å². The first-order chi connectivity index (χ1) is 9.00. The molecule has 1 heterocycles. The van der Waals surface area contributed by atoms with Crippen molar-refractivity contribution in [2.75, 3.05) is 12.4 Å². The van der Waals surface area contributed by atoms with Crippen molar-refractivity contribution in [3.05, 3.63) is 16.5 Å². The molecule has 19 heavy (non-hydrogen) atoms. The van der Waals surface area contributed by atoms with E-state index in [1.165, 1.54) is 12.8 Å². The van der Waals surface area contributed by atoms with Gasteiger partial charge in [-0.3, -0.25) is 0 Å². The predicted molar refractivity (Wildman–Crippen MR) is 78.3 cm³/mol. The third-order valence-corrected chi connectivity index (χ3v) is 4.85. The Bertz CT molecular complexity index is 488. The van der Waals surface area contributed by atoms with Gasteiger partial charge in [-0.05, 0) is 35.2 Å². The largest absolute Gasteiger partial charge is 0.381 e. The lowest BCUT2D eigenvalue weighted by Crippen LogP contribution is -2.57. The maximum absolute atomic E-state index is 5.48. The van der Waals surface area contributed by atoms with Crippen molar-refractivity contribution in [1.82, 2.24) is 9.97 Å². The SMILES string of the molecule is COC1CC(Nc2cc(Br)nc(C3CC3)n2)C1(C)C. The summed E-state index contributed by atoms with van der Waals surface area (Å²) in [5.74, 6) is 2.47. The fourth-order valence-electron chi connectivity index (χ4n) is 2.74. The van der Waals surface area contributed by atoms with Crippen LogP contribution < -0.4 is 5.32 Å². The number of halogens is 1. The molecule has 0 aromatic carbocycles. The Balaban J connectivity index is 1.73. The number of nitrogens with one attached hydrogen (secondary N) is 1. The second-order valence-corrected chi connectivity index (χ2v) is 7.00. The molecule has 0 amide bonds. The second-order valence-electron chi connectivity index (χ2n) is 6.19. The van der Waals surface area contributed by atoms with E-state index in [-0.39, 0.29) is 5.41 Å². The molecule has 0 spiro atoms. The molecule has 2 saturated carbocycles. The second kappa shape index (κ2) is 4.70. The van der Waals surface area contributed by atoms with E-state index in [0.717, 1.165) is 22.7 Å². The summed E-state index contributed by atoms with van der Waals surface area (Å²) in [7, 11) is 1.79. The minimum atomic E-state index is 0.145. The Morgan fingerprint density at radius 3 is 2.68 bits per heavy atom. The van der Waals surface area contributed by atoms with E-state index in [2.05, 4.69) is 45.1 Å². The predicted octanol–water partition coefficient (Wildman–Crippen LogP) is 3.34. The highest BCUT2D eigenvalue weighted by Gasteiger charge is 2.48. The van der Waals surface area contributed by atoms with E-state index in [4.69, 9.17) is 4.74 Å². The van der Waals surface area contributed by atoms with Gasteiger partial charge in [-0.25, -0.2) is 9.97 Å². The quantitative estimate of drug-likeness (QED) is 0.862. The van der Waals surface area contributed by atoms with Crippen LogP contribution in [0.3, 0.4) is 0 Å². The molecule has 2 unspecified atom stereocenters. The van der Waals surface area contributed by atoms with Crippen molar-refractivity contribution in [3.8, 4) is 0 Å². The van der Waals surface area contributed by atoms with Crippen LogP contribution in [0.2, 0.25) is 0 Å². The first-order valence-electron chi connectivity index (χ1n) is 6.84. The van der Waals surface area contributed by atoms with Crippen LogP contribution in [0.5, 0.6) is 0 Å². The Hall–Kier alpha value is -0.680. The molecule has 0 aliphatic heterocycles. The smallest absolute Gasteiger partial charge is 0.135 e. The zero-order chi connectivity index (χ0) is 13.6. The maximum atomic E-state index is 5.48. The number of hydrogen-bond donors (Lipinski definition) is 1. The van der Waals surface area contributed by atoms with Crippen LogP contribution in [-0.4, -0.2) is 29.2 Å². The Morgan fingerprint density at radius 1 is 1.37 bits per heavy atom. The summed E-state index contributed by atoms with van der Waals surface area (Å²) in [6, 6.07) is 2.37. The zero-order valence-corrected chi connectivity index (χ0v) is 13.2. The lowest BCUT2D eigenvalue weighted by Gasteiger charge is -2.51. The summed E-state index contributed by atoms with van der Waals surface area (Å²) in [6.45, 7) is 4.47. The van der Waals surface area contributed by atoms with Gasteiger partial charge in [0.15, 0.2) is 0 Å². The Morgan fingerprint density at radius 2 is 2.11 bits per heavy atom. The molecule has 0 radical (unpaired) electrons. The van der Waals surface area contributed by atoms with Crippen LogP contribution >= 0.6 is 15.9 Å². The normalized spacial score (nSPS) is 28.8. The van der Waals surface area contributed by atoms with Gasteiger partial charge in [0.05, 0.1) is 6.10 Å². The first kappa shape index (κ1) is 13.3. The Kier molecular flexibility index (Phi) is 3.29. The van der Waals surface area contributed by atoms with Gasteiger partial charge >= 0.3 is 0 Å². The monoisotopic (exact) mass is 325 g/mol. The summed E-state index contributed by atoms with van der Waals surface area (Å²) in [5, 5.41) is 3.54. The third-order valence-electron chi connectivity index (χ3n) is 4.44. The fraction of sp³-hybridized carbons (Fsp3) is 0.714. The molecule has 2 atom stereocenters. The highest BCUT2D eigenvalue weighted by atomic mass is 79.9. The molecule has 5 heteroatoms. The van der Waals surface area contributed by atoms with Gasteiger partial charge in [-0.1, -0.05) is 13.8 Å². The van der Waals surface area contributed by atoms with Crippen molar-refractivity contribution in [3.63, 3.8) is 0 Å². The van der Waals surface area contributed by atoms with Crippen molar-refractivity contribution in [2.45, 2.75) is 51.2 Å². The van der Waals surface area contributed by atoms with E-state index < -0.39 is 0 Å². The third kappa shape index (κ3) is 2.50. The zero-order valence-electron chi connectivity index (χ0n) is 11.6. The van der Waals surface area contributed by atoms with Crippen molar-refractivity contribution in [2.24, 2.45) is 5.41 Å². The molecule has 1 aromatic rings. The Labute approximate surface area is 122 Å². The molecular weight excluding hydrogens is 306 g/mol. The number of ether oxygens (including phenoxy) is 1. The number of rotatable bonds is 4. The van der Waals surface area contributed by atoms with Crippen molar-refractivity contribution < 1.29 is 4.74 Å². The van der Waals surface area contributed by atoms with Crippen LogP contribution in [0.15, 0.2) is 10.7 Å². The topological polar surface area (TPSA) is 47.0 Å². The fourth-order valence-corrected chi connectivity index (χ4v) is 3.14. The van der Waals surface area contributed by atoms with E-state index in [1.807, 2.05) is 6.07 Å². The van der Waals surface area contributed by atoms with Crippen LogP contribution in [0.4, 0.5) is 5.82 Å². The number of nitrogens with zero attached hydrogens (tertiary/aromatic N) is 2. The lowest BCUT2D eigenvalue weighted by molar-refractivity contribution is -0.0795. The van der Waals surface area contributed by atoms with Crippen LogP contribution in [-0.2, 0) is 4.74 Å². The lowest BCUT2D eigenvalue weighted by atomic mass is 9.64. The minimum Gasteiger partial charge on any atom is -0.381 e. The van der Waals surface area contributed by atoms with Crippen LogP contribution in [0.25, 0.3) is 0 Å². The van der Waals surface area contributed by atoms with Gasteiger partial charge in [0.2, 0.25) is 0 Å².